The molecule has 362 valence electrons. The molecule has 0 saturated heterocycles. The summed E-state index contributed by atoms with van der Waals surface area (Å²) in [4.78, 5) is 38.0. The van der Waals surface area contributed by atoms with Gasteiger partial charge in [0.15, 0.2) is 6.10 Å². The van der Waals surface area contributed by atoms with Gasteiger partial charge in [-0.2, -0.15) is 0 Å². The minimum absolute atomic E-state index is 0.0635. The summed E-state index contributed by atoms with van der Waals surface area (Å²) in [7, 11) is 0. The first kappa shape index (κ1) is 59.4. The fraction of sp³-hybridized carbons (Fsp3) is 0.945. The fourth-order valence-electron chi connectivity index (χ4n) is 8.36. The van der Waals surface area contributed by atoms with E-state index in [1.807, 2.05) is 0 Å². The predicted molar refractivity (Wildman–Crippen MR) is 261 cm³/mol. The van der Waals surface area contributed by atoms with Crippen LogP contribution in [-0.2, 0) is 28.6 Å². The van der Waals surface area contributed by atoms with Gasteiger partial charge in [0, 0.05) is 19.3 Å². The number of rotatable bonds is 50. The van der Waals surface area contributed by atoms with E-state index in [4.69, 9.17) is 14.2 Å². The van der Waals surface area contributed by atoms with Crippen LogP contribution in [0.3, 0.4) is 0 Å². The largest absolute Gasteiger partial charge is 0.462 e. The highest BCUT2D eigenvalue weighted by molar-refractivity contribution is 5.71. The number of hydrogen-bond acceptors (Lipinski definition) is 6. The highest BCUT2D eigenvalue weighted by atomic mass is 16.6. The van der Waals surface area contributed by atoms with Crippen LogP contribution >= 0.6 is 0 Å². The fourth-order valence-corrected chi connectivity index (χ4v) is 8.36. The standard InChI is InChI=1S/C55H106O6/c1-5-8-10-12-14-16-18-20-22-23-24-26-28-30-32-34-39-43-47-54(57)60-50-52(61-55(58)48-44-40-36-35-37-41-45-51(4)7-3)49-59-53(56)46-42-38-33-31-29-27-25-21-19-17-15-13-11-9-6-2/h51-52H,5-50H2,1-4H3/t51?,52-/m1/s1. The van der Waals surface area contributed by atoms with Crippen LogP contribution in [0.25, 0.3) is 0 Å². The number of carbonyl (C=O) groups excluding carboxylic acids is 3. The molecule has 6 heteroatoms. The summed E-state index contributed by atoms with van der Waals surface area (Å²) in [5.74, 6) is -0.0345. The first-order valence-corrected chi connectivity index (χ1v) is 27.4. The van der Waals surface area contributed by atoms with Crippen molar-refractivity contribution in [2.75, 3.05) is 13.2 Å². The van der Waals surface area contributed by atoms with E-state index in [0.29, 0.717) is 19.3 Å². The van der Waals surface area contributed by atoms with E-state index in [1.54, 1.807) is 0 Å². The van der Waals surface area contributed by atoms with Crippen molar-refractivity contribution >= 4 is 17.9 Å². The quantitative estimate of drug-likeness (QED) is 0.0344. The van der Waals surface area contributed by atoms with Gasteiger partial charge in [-0.05, 0) is 25.2 Å². The normalized spacial score (nSPS) is 12.4. The molecule has 0 aliphatic rings. The lowest BCUT2D eigenvalue weighted by Crippen LogP contribution is -2.30. The van der Waals surface area contributed by atoms with Crippen molar-refractivity contribution in [3.8, 4) is 0 Å². The zero-order chi connectivity index (χ0) is 44.5. The van der Waals surface area contributed by atoms with Crippen molar-refractivity contribution in [2.24, 2.45) is 5.92 Å². The molecule has 0 saturated carbocycles. The molecule has 1 unspecified atom stereocenters. The van der Waals surface area contributed by atoms with Crippen LogP contribution in [0, 0.1) is 5.92 Å². The molecule has 0 aliphatic heterocycles. The molecule has 0 radical (unpaired) electrons. The molecule has 2 atom stereocenters. The molecule has 6 nitrogen and oxygen atoms in total. The first-order chi connectivity index (χ1) is 29.9. The van der Waals surface area contributed by atoms with E-state index >= 15 is 0 Å². The Bertz CT molecular complexity index is 920. The molecule has 0 bridgehead atoms. The Morgan fingerprint density at radius 1 is 0.328 bits per heavy atom. The van der Waals surface area contributed by atoms with Gasteiger partial charge in [-0.15, -0.1) is 0 Å². The van der Waals surface area contributed by atoms with Gasteiger partial charge >= 0.3 is 17.9 Å². The van der Waals surface area contributed by atoms with Gasteiger partial charge in [0.05, 0.1) is 0 Å². The van der Waals surface area contributed by atoms with Gasteiger partial charge < -0.3 is 14.2 Å². The average molecular weight is 863 g/mol. The molecule has 61 heavy (non-hydrogen) atoms. The van der Waals surface area contributed by atoms with Crippen molar-refractivity contribution in [1.82, 2.24) is 0 Å². The van der Waals surface area contributed by atoms with E-state index in [0.717, 1.165) is 63.7 Å². The highest BCUT2D eigenvalue weighted by Gasteiger charge is 2.19. The Kier molecular flexibility index (Phi) is 48.1. The number of hydrogen-bond donors (Lipinski definition) is 0. The molecule has 0 fully saturated rings. The summed E-state index contributed by atoms with van der Waals surface area (Å²) in [6.45, 7) is 9.01. The summed E-state index contributed by atoms with van der Waals surface area (Å²) in [5.41, 5.74) is 0. The molecule has 0 aliphatic carbocycles. The molecular weight excluding hydrogens is 757 g/mol. The molecular formula is C55H106O6. The zero-order valence-corrected chi connectivity index (χ0v) is 41.6. The summed E-state index contributed by atoms with van der Waals surface area (Å²) < 4.78 is 16.8. The van der Waals surface area contributed by atoms with Crippen LogP contribution in [0.2, 0.25) is 0 Å². The van der Waals surface area contributed by atoms with Gasteiger partial charge in [-0.1, -0.05) is 272 Å². The zero-order valence-electron chi connectivity index (χ0n) is 41.6. The van der Waals surface area contributed by atoms with Crippen LogP contribution in [0.1, 0.15) is 310 Å². The van der Waals surface area contributed by atoms with Crippen LogP contribution < -0.4 is 0 Å². The van der Waals surface area contributed by atoms with Crippen molar-refractivity contribution in [2.45, 2.75) is 316 Å². The second-order valence-electron chi connectivity index (χ2n) is 19.1. The van der Waals surface area contributed by atoms with Gasteiger partial charge in [-0.3, -0.25) is 14.4 Å². The Morgan fingerprint density at radius 2 is 0.574 bits per heavy atom. The molecule has 0 aromatic heterocycles. The Hall–Kier alpha value is -1.59. The summed E-state index contributed by atoms with van der Waals surface area (Å²) in [6.07, 6.45) is 52.4. The third-order valence-corrected chi connectivity index (χ3v) is 12.9. The maximum atomic E-state index is 12.8. The van der Waals surface area contributed by atoms with E-state index in [1.165, 1.54) is 205 Å². The van der Waals surface area contributed by atoms with Crippen molar-refractivity contribution in [1.29, 1.82) is 0 Å². The number of esters is 3. The minimum Gasteiger partial charge on any atom is -0.462 e. The Morgan fingerprint density at radius 3 is 0.852 bits per heavy atom. The van der Waals surface area contributed by atoms with E-state index in [2.05, 4.69) is 27.7 Å². The molecule has 0 N–H and O–H groups in total. The molecule has 0 spiro atoms. The van der Waals surface area contributed by atoms with Gasteiger partial charge in [0.25, 0.3) is 0 Å². The number of carbonyl (C=O) groups is 3. The van der Waals surface area contributed by atoms with Crippen molar-refractivity contribution in [3.05, 3.63) is 0 Å². The number of unbranched alkanes of at least 4 members (excludes halogenated alkanes) is 36. The Balaban J connectivity index is 4.24. The topological polar surface area (TPSA) is 78.9 Å². The van der Waals surface area contributed by atoms with Crippen LogP contribution in [0.4, 0.5) is 0 Å². The van der Waals surface area contributed by atoms with Crippen LogP contribution in [-0.4, -0.2) is 37.2 Å². The first-order valence-electron chi connectivity index (χ1n) is 27.4. The minimum atomic E-state index is -0.762. The second kappa shape index (κ2) is 49.4. The maximum Gasteiger partial charge on any atom is 0.306 e. The van der Waals surface area contributed by atoms with Gasteiger partial charge in [0.1, 0.15) is 13.2 Å². The third-order valence-electron chi connectivity index (χ3n) is 12.9. The van der Waals surface area contributed by atoms with Crippen molar-refractivity contribution < 1.29 is 28.6 Å². The molecule has 0 amide bonds. The summed E-state index contributed by atoms with van der Waals surface area (Å²) in [5, 5.41) is 0. The lowest BCUT2D eigenvalue weighted by atomic mass is 10.00. The molecule has 0 aromatic rings. The predicted octanol–water partition coefficient (Wildman–Crippen LogP) is 17.8. The lowest BCUT2D eigenvalue weighted by molar-refractivity contribution is -0.167. The molecule has 0 aromatic carbocycles. The van der Waals surface area contributed by atoms with Gasteiger partial charge in [-0.25, -0.2) is 0 Å². The van der Waals surface area contributed by atoms with E-state index < -0.39 is 6.10 Å². The monoisotopic (exact) mass is 863 g/mol. The maximum absolute atomic E-state index is 12.8. The van der Waals surface area contributed by atoms with Gasteiger partial charge in [0.2, 0.25) is 0 Å². The average Bonchev–Trinajstić information content (AvgIpc) is 3.26. The van der Waals surface area contributed by atoms with E-state index in [9.17, 15) is 14.4 Å². The van der Waals surface area contributed by atoms with Crippen LogP contribution in [0.15, 0.2) is 0 Å². The molecule has 0 rings (SSSR count). The van der Waals surface area contributed by atoms with Crippen LogP contribution in [0.5, 0.6) is 0 Å². The summed E-state index contributed by atoms with van der Waals surface area (Å²) in [6, 6.07) is 0. The highest BCUT2D eigenvalue weighted by Crippen LogP contribution is 2.18. The van der Waals surface area contributed by atoms with Crippen molar-refractivity contribution in [3.63, 3.8) is 0 Å². The lowest BCUT2D eigenvalue weighted by Gasteiger charge is -2.18. The number of ether oxygens (including phenoxy) is 3. The Labute approximate surface area is 380 Å². The smallest absolute Gasteiger partial charge is 0.306 e. The third kappa shape index (κ3) is 47.7. The second-order valence-corrected chi connectivity index (χ2v) is 19.1. The SMILES string of the molecule is CCCCCCCCCCCCCCCCCCCCC(=O)OC[C@@H](COC(=O)CCCCCCCCCCCCCCCCC)OC(=O)CCCCCCCCC(C)CC. The summed E-state index contributed by atoms with van der Waals surface area (Å²) >= 11 is 0. The molecule has 0 heterocycles. The van der Waals surface area contributed by atoms with E-state index in [-0.39, 0.29) is 31.1 Å².